The number of pyridine rings is 1. The van der Waals surface area contributed by atoms with E-state index in [1.807, 2.05) is 0 Å². The SMILES string of the molecule is N#Cc1cccnc1NC1(CC(=O)O)CCCCC1. The molecule has 1 aliphatic carbocycles. The van der Waals surface area contributed by atoms with E-state index in [1.165, 1.54) is 0 Å². The molecule has 0 radical (unpaired) electrons. The minimum atomic E-state index is -0.816. The van der Waals surface area contributed by atoms with E-state index in [-0.39, 0.29) is 6.42 Å². The van der Waals surface area contributed by atoms with E-state index in [9.17, 15) is 4.79 Å². The highest BCUT2D eigenvalue weighted by Gasteiger charge is 2.35. The zero-order chi connectivity index (χ0) is 13.7. The molecule has 0 unspecified atom stereocenters. The highest BCUT2D eigenvalue weighted by Crippen LogP contribution is 2.34. The molecule has 2 rings (SSSR count). The Labute approximate surface area is 112 Å². The average molecular weight is 259 g/mol. The van der Waals surface area contributed by atoms with Crippen LogP contribution >= 0.6 is 0 Å². The minimum Gasteiger partial charge on any atom is -0.481 e. The van der Waals surface area contributed by atoms with Crippen molar-refractivity contribution in [2.75, 3.05) is 5.32 Å². The summed E-state index contributed by atoms with van der Waals surface area (Å²) in [7, 11) is 0. The number of hydrogen-bond acceptors (Lipinski definition) is 4. The largest absolute Gasteiger partial charge is 0.481 e. The van der Waals surface area contributed by atoms with Crippen LogP contribution in [0.15, 0.2) is 18.3 Å². The van der Waals surface area contributed by atoms with Crippen molar-refractivity contribution >= 4 is 11.8 Å². The van der Waals surface area contributed by atoms with E-state index in [0.29, 0.717) is 11.4 Å². The highest BCUT2D eigenvalue weighted by molar-refractivity contribution is 5.69. The maximum Gasteiger partial charge on any atom is 0.305 e. The number of nitrogens with zero attached hydrogens (tertiary/aromatic N) is 2. The number of carboxylic acid groups (broad SMARTS) is 1. The molecule has 5 heteroatoms. The van der Waals surface area contributed by atoms with Crippen LogP contribution in [0.5, 0.6) is 0 Å². The van der Waals surface area contributed by atoms with E-state index in [2.05, 4.69) is 16.4 Å². The molecule has 19 heavy (non-hydrogen) atoms. The number of aliphatic carboxylic acids is 1. The number of aromatic nitrogens is 1. The van der Waals surface area contributed by atoms with Crippen molar-refractivity contribution in [2.45, 2.75) is 44.1 Å². The van der Waals surface area contributed by atoms with Crippen molar-refractivity contribution in [3.63, 3.8) is 0 Å². The third kappa shape index (κ3) is 3.22. The van der Waals surface area contributed by atoms with Crippen molar-refractivity contribution in [1.82, 2.24) is 4.98 Å². The Morgan fingerprint density at radius 2 is 2.21 bits per heavy atom. The lowest BCUT2D eigenvalue weighted by Gasteiger charge is -2.37. The van der Waals surface area contributed by atoms with Crippen molar-refractivity contribution in [3.8, 4) is 6.07 Å². The summed E-state index contributed by atoms with van der Waals surface area (Å²) < 4.78 is 0. The van der Waals surface area contributed by atoms with Crippen LogP contribution in [0.1, 0.15) is 44.1 Å². The van der Waals surface area contributed by atoms with Crippen LogP contribution in [0.3, 0.4) is 0 Å². The Morgan fingerprint density at radius 1 is 1.47 bits per heavy atom. The van der Waals surface area contributed by atoms with Gasteiger partial charge in [-0.15, -0.1) is 0 Å². The topological polar surface area (TPSA) is 86.0 Å². The van der Waals surface area contributed by atoms with Crippen molar-refractivity contribution in [3.05, 3.63) is 23.9 Å². The van der Waals surface area contributed by atoms with Gasteiger partial charge in [-0.3, -0.25) is 4.79 Å². The predicted molar refractivity (Wildman–Crippen MR) is 70.6 cm³/mol. The molecule has 2 N–H and O–H groups in total. The number of carbonyl (C=O) groups is 1. The van der Waals surface area contributed by atoms with Gasteiger partial charge in [0, 0.05) is 11.7 Å². The first-order chi connectivity index (χ1) is 9.15. The molecule has 1 aromatic rings. The van der Waals surface area contributed by atoms with Gasteiger partial charge in [0.05, 0.1) is 12.0 Å². The Balaban J connectivity index is 2.25. The lowest BCUT2D eigenvalue weighted by atomic mass is 9.79. The highest BCUT2D eigenvalue weighted by atomic mass is 16.4. The Morgan fingerprint density at radius 3 is 2.84 bits per heavy atom. The molecule has 0 amide bonds. The second kappa shape index (κ2) is 5.70. The molecule has 0 bridgehead atoms. The van der Waals surface area contributed by atoms with E-state index in [1.54, 1.807) is 18.3 Å². The van der Waals surface area contributed by atoms with Crippen molar-refractivity contribution < 1.29 is 9.90 Å². The molecule has 1 heterocycles. The monoisotopic (exact) mass is 259 g/mol. The van der Waals surface area contributed by atoms with Crippen LogP contribution < -0.4 is 5.32 Å². The van der Waals surface area contributed by atoms with Crippen LogP contribution in [0.2, 0.25) is 0 Å². The molecule has 1 aromatic heterocycles. The maximum atomic E-state index is 11.1. The molecular weight excluding hydrogens is 242 g/mol. The molecule has 0 atom stereocenters. The normalized spacial score (nSPS) is 17.4. The zero-order valence-electron chi connectivity index (χ0n) is 10.7. The summed E-state index contributed by atoms with van der Waals surface area (Å²) in [6.45, 7) is 0. The second-order valence-corrected chi connectivity index (χ2v) is 5.05. The van der Waals surface area contributed by atoms with Crippen LogP contribution in [-0.4, -0.2) is 21.6 Å². The van der Waals surface area contributed by atoms with Gasteiger partial charge in [0.2, 0.25) is 0 Å². The summed E-state index contributed by atoms with van der Waals surface area (Å²) >= 11 is 0. The van der Waals surface area contributed by atoms with Gasteiger partial charge in [0.1, 0.15) is 11.9 Å². The third-order valence-electron chi connectivity index (χ3n) is 3.61. The second-order valence-electron chi connectivity index (χ2n) is 5.05. The van der Waals surface area contributed by atoms with Crippen LogP contribution in [-0.2, 0) is 4.79 Å². The quantitative estimate of drug-likeness (QED) is 0.867. The van der Waals surface area contributed by atoms with Gasteiger partial charge in [-0.2, -0.15) is 5.26 Å². The molecule has 0 saturated heterocycles. The van der Waals surface area contributed by atoms with Crippen molar-refractivity contribution in [1.29, 1.82) is 5.26 Å². The Hall–Kier alpha value is -2.09. The van der Waals surface area contributed by atoms with Crippen LogP contribution in [0, 0.1) is 11.3 Å². The number of carboxylic acids is 1. The number of nitriles is 1. The summed E-state index contributed by atoms with van der Waals surface area (Å²) in [5.74, 6) is -0.322. The fourth-order valence-electron chi connectivity index (χ4n) is 2.71. The van der Waals surface area contributed by atoms with Gasteiger partial charge in [-0.05, 0) is 25.0 Å². The summed E-state index contributed by atoms with van der Waals surface area (Å²) in [5, 5.41) is 21.4. The smallest absolute Gasteiger partial charge is 0.305 e. The maximum absolute atomic E-state index is 11.1. The van der Waals surface area contributed by atoms with E-state index in [4.69, 9.17) is 10.4 Å². The lowest BCUT2D eigenvalue weighted by Crippen LogP contribution is -2.42. The van der Waals surface area contributed by atoms with Gasteiger partial charge >= 0.3 is 5.97 Å². The van der Waals surface area contributed by atoms with Gasteiger partial charge in [-0.1, -0.05) is 19.3 Å². The van der Waals surface area contributed by atoms with Crippen molar-refractivity contribution in [2.24, 2.45) is 0 Å². The van der Waals surface area contributed by atoms with E-state index >= 15 is 0 Å². The molecule has 1 saturated carbocycles. The molecule has 5 nitrogen and oxygen atoms in total. The number of rotatable bonds is 4. The Kier molecular flexibility index (Phi) is 4.00. The summed E-state index contributed by atoms with van der Waals surface area (Å²) in [6.07, 6.45) is 6.44. The number of nitrogens with one attached hydrogen (secondary N) is 1. The zero-order valence-corrected chi connectivity index (χ0v) is 10.7. The predicted octanol–water partition coefficient (Wildman–Crippen LogP) is 2.54. The molecule has 100 valence electrons. The fourth-order valence-corrected chi connectivity index (χ4v) is 2.71. The van der Waals surface area contributed by atoms with Crippen LogP contribution in [0.25, 0.3) is 0 Å². The molecule has 0 aromatic carbocycles. The third-order valence-corrected chi connectivity index (χ3v) is 3.61. The van der Waals surface area contributed by atoms with Gasteiger partial charge < -0.3 is 10.4 Å². The van der Waals surface area contributed by atoms with E-state index < -0.39 is 11.5 Å². The molecule has 1 fully saturated rings. The average Bonchev–Trinajstić information content (AvgIpc) is 2.39. The van der Waals surface area contributed by atoms with Gasteiger partial charge in [-0.25, -0.2) is 4.98 Å². The first-order valence-electron chi connectivity index (χ1n) is 6.50. The molecule has 0 spiro atoms. The first kappa shape index (κ1) is 13.3. The molecule has 1 aliphatic rings. The first-order valence-corrected chi connectivity index (χ1v) is 6.50. The summed E-state index contributed by atoms with van der Waals surface area (Å²) in [6, 6.07) is 5.47. The van der Waals surface area contributed by atoms with Gasteiger partial charge in [0.15, 0.2) is 0 Å². The van der Waals surface area contributed by atoms with Gasteiger partial charge in [0.25, 0.3) is 0 Å². The number of anilines is 1. The molecule has 0 aliphatic heterocycles. The molecular formula is C14H17N3O2. The Bertz CT molecular complexity index is 502. The number of hydrogen-bond donors (Lipinski definition) is 2. The standard InChI is InChI=1S/C14H17N3O2/c15-10-11-5-4-8-16-13(11)17-14(9-12(18)19)6-2-1-3-7-14/h4-5,8H,1-3,6-7,9H2,(H,16,17)(H,18,19). The summed E-state index contributed by atoms with van der Waals surface area (Å²) in [4.78, 5) is 15.3. The fraction of sp³-hybridized carbons (Fsp3) is 0.500. The van der Waals surface area contributed by atoms with E-state index in [0.717, 1.165) is 32.1 Å². The summed E-state index contributed by atoms with van der Waals surface area (Å²) in [5.41, 5.74) is -0.0119. The lowest BCUT2D eigenvalue weighted by molar-refractivity contribution is -0.138. The minimum absolute atomic E-state index is 0.0639. The van der Waals surface area contributed by atoms with Crippen LogP contribution in [0.4, 0.5) is 5.82 Å².